The van der Waals surface area contributed by atoms with Gasteiger partial charge in [-0.1, -0.05) is 12.1 Å². The zero-order valence-corrected chi connectivity index (χ0v) is 21.7. The second kappa shape index (κ2) is 9.08. The topological polar surface area (TPSA) is 94.7 Å². The fraction of sp³-hybridized carbons (Fsp3) is 0.0312. The van der Waals surface area contributed by atoms with E-state index in [1.165, 1.54) is 4.88 Å². The number of carboxylic acids is 1. The second-order valence-corrected chi connectivity index (χ2v) is 10.8. The van der Waals surface area contributed by atoms with E-state index >= 15 is 0 Å². The molecule has 0 amide bonds. The van der Waals surface area contributed by atoms with Gasteiger partial charge in [0.15, 0.2) is 0 Å². The van der Waals surface area contributed by atoms with E-state index in [1.54, 1.807) is 23.5 Å². The van der Waals surface area contributed by atoms with Crippen LogP contribution in [0.15, 0.2) is 72.8 Å². The number of H-pyrrole nitrogens is 2. The molecule has 39 heavy (non-hydrogen) atoms. The average Bonchev–Trinajstić information content (AvgIpc) is 3.74. The molecule has 0 atom stereocenters. The Hall–Kier alpha value is -5.01. The van der Waals surface area contributed by atoms with E-state index in [2.05, 4.69) is 35.1 Å². The largest absolute Gasteiger partial charge is 0.478 e. The molecule has 7 rings (SSSR count). The highest BCUT2D eigenvalue weighted by Gasteiger charge is 2.17. The van der Waals surface area contributed by atoms with Gasteiger partial charge in [-0.25, -0.2) is 14.8 Å². The standard InChI is InChI=1S/C32H22N4O2S/c1-18-2-13-29(39-18)27-17-26-16-24-10-9-22(34-24)14-21-7-8-23(33-21)15-25-11-12-28(35-25)30(31(27)36-26)19-3-5-20(6-4-19)32(37)38/h2-17,33,36H,1H3,(H,37,38). The lowest BCUT2D eigenvalue weighted by Crippen LogP contribution is -1.95. The summed E-state index contributed by atoms with van der Waals surface area (Å²) in [7, 11) is 0. The van der Waals surface area contributed by atoms with Crippen molar-refractivity contribution in [3.05, 3.63) is 106 Å². The predicted octanol–water partition coefficient (Wildman–Crippen LogP) is 8.06. The van der Waals surface area contributed by atoms with Crippen LogP contribution in [0.1, 0.15) is 38.0 Å². The maximum atomic E-state index is 11.6. The SMILES string of the molecule is Cc1ccc(-c2cc3cc4nc(cc5ccc(cc6nc(c(-c7ccc(C(=O)O)cc7)c2[nH]3)C=C6)[nH]5)C=C4)s1. The molecule has 3 N–H and O–H groups in total. The van der Waals surface area contributed by atoms with Crippen LogP contribution < -0.4 is 0 Å². The molecule has 0 saturated carbocycles. The van der Waals surface area contributed by atoms with Crippen molar-refractivity contribution in [3.8, 4) is 21.6 Å². The number of thiophene rings is 1. The van der Waals surface area contributed by atoms with Gasteiger partial charge in [-0.05, 0) is 97.5 Å². The number of aromatic amines is 2. The van der Waals surface area contributed by atoms with E-state index in [9.17, 15) is 9.90 Å². The number of nitrogens with one attached hydrogen (secondary N) is 2. The molecule has 1 aromatic carbocycles. The van der Waals surface area contributed by atoms with Gasteiger partial charge in [0, 0.05) is 37.4 Å². The number of aryl methyl sites for hydroxylation is 1. The lowest BCUT2D eigenvalue weighted by Gasteiger charge is -2.07. The summed E-state index contributed by atoms with van der Waals surface area (Å²) in [6, 6.07) is 23.5. The van der Waals surface area contributed by atoms with E-state index in [0.717, 1.165) is 66.4 Å². The number of carboxylic acid groups (broad SMARTS) is 1. The minimum absolute atomic E-state index is 0.240. The first-order chi connectivity index (χ1) is 19.0. The van der Waals surface area contributed by atoms with Gasteiger partial charge >= 0.3 is 5.97 Å². The van der Waals surface area contributed by atoms with Crippen molar-refractivity contribution < 1.29 is 9.90 Å². The van der Waals surface area contributed by atoms with Crippen molar-refractivity contribution in [1.82, 2.24) is 19.9 Å². The summed E-state index contributed by atoms with van der Waals surface area (Å²) < 4.78 is 0. The normalized spacial score (nSPS) is 12.2. The van der Waals surface area contributed by atoms with E-state index in [4.69, 9.17) is 9.97 Å². The highest BCUT2D eigenvalue weighted by molar-refractivity contribution is 7.15. The van der Waals surface area contributed by atoms with Crippen molar-refractivity contribution in [2.24, 2.45) is 0 Å². The van der Waals surface area contributed by atoms with Crippen LogP contribution in [-0.4, -0.2) is 31.0 Å². The maximum Gasteiger partial charge on any atom is 0.335 e. The van der Waals surface area contributed by atoms with Crippen molar-refractivity contribution in [3.63, 3.8) is 0 Å². The number of aromatic carboxylic acids is 1. The van der Waals surface area contributed by atoms with Gasteiger partial charge in [-0.3, -0.25) is 0 Å². The average molecular weight is 527 g/mol. The van der Waals surface area contributed by atoms with Crippen LogP contribution in [0.3, 0.4) is 0 Å². The first-order valence-corrected chi connectivity index (χ1v) is 13.3. The molecule has 5 aromatic rings. The number of aromatic nitrogens is 4. The van der Waals surface area contributed by atoms with Gasteiger partial charge in [0.2, 0.25) is 0 Å². The van der Waals surface area contributed by atoms with Crippen molar-refractivity contribution in [1.29, 1.82) is 0 Å². The van der Waals surface area contributed by atoms with E-state index in [-0.39, 0.29) is 5.56 Å². The Labute approximate surface area is 227 Å². The fourth-order valence-corrected chi connectivity index (χ4v) is 5.84. The Balaban J connectivity index is 1.62. The summed E-state index contributed by atoms with van der Waals surface area (Å²) in [6.07, 6.45) is 8.03. The molecule has 2 aliphatic rings. The summed E-state index contributed by atoms with van der Waals surface area (Å²) in [6.45, 7) is 2.10. The first-order valence-electron chi connectivity index (χ1n) is 12.5. The van der Waals surface area contributed by atoms with Crippen LogP contribution in [-0.2, 0) is 0 Å². The summed E-state index contributed by atoms with van der Waals surface area (Å²) in [5.74, 6) is -0.955. The molecule has 0 saturated heterocycles. The molecule has 2 aliphatic heterocycles. The molecule has 6 heterocycles. The second-order valence-electron chi connectivity index (χ2n) is 9.53. The Morgan fingerprint density at radius 2 is 1.41 bits per heavy atom. The summed E-state index contributed by atoms with van der Waals surface area (Å²) in [5, 5.41) is 9.47. The predicted molar refractivity (Wildman–Crippen MR) is 159 cm³/mol. The van der Waals surface area contributed by atoms with Crippen LogP contribution in [0.2, 0.25) is 0 Å². The number of hydrogen-bond donors (Lipinski definition) is 3. The molecule has 188 valence electrons. The maximum absolute atomic E-state index is 11.6. The van der Waals surface area contributed by atoms with Gasteiger partial charge in [0.05, 0.1) is 33.9 Å². The van der Waals surface area contributed by atoms with Gasteiger partial charge in [-0.15, -0.1) is 11.3 Å². The molecule has 4 aromatic heterocycles. The van der Waals surface area contributed by atoms with Crippen LogP contribution in [0.25, 0.3) is 67.9 Å². The van der Waals surface area contributed by atoms with Crippen LogP contribution in [0.5, 0.6) is 0 Å². The first kappa shape index (κ1) is 23.1. The molecule has 0 spiro atoms. The van der Waals surface area contributed by atoms with Gasteiger partial charge < -0.3 is 15.1 Å². The van der Waals surface area contributed by atoms with Crippen molar-refractivity contribution >= 4 is 63.7 Å². The minimum atomic E-state index is -0.955. The number of hydrogen-bond acceptors (Lipinski definition) is 4. The highest BCUT2D eigenvalue weighted by atomic mass is 32.1. The van der Waals surface area contributed by atoms with Crippen molar-refractivity contribution in [2.75, 3.05) is 0 Å². The minimum Gasteiger partial charge on any atom is -0.478 e. The van der Waals surface area contributed by atoms with E-state index in [0.29, 0.717) is 0 Å². The van der Waals surface area contributed by atoms with E-state index < -0.39 is 5.97 Å². The fourth-order valence-electron chi connectivity index (χ4n) is 4.95. The molecule has 0 unspecified atom stereocenters. The Kier molecular flexibility index (Phi) is 5.38. The lowest BCUT2D eigenvalue weighted by atomic mass is 10.00. The van der Waals surface area contributed by atoms with Crippen LogP contribution in [0, 0.1) is 6.92 Å². The van der Waals surface area contributed by atoms with Crippen LogP contribution in [0.4, 0.5) is 0 Å². The Morgan fingerprint density at radius 1 is 0.744 bits per heavy atom. The third-order valence-corrected chi connectivity index (χ3v) is 7.79. The Bertz CT molecular complexity index is 2010. The highest BCUT2D eigenvalue weighted by Crippen LogP contribution is 2.39. The number of nitrogens with zero attached hydrogens (tertiary/aromatic N) is 2. The quantitative estimate of drug-likeness (QED) is 0.217. The number of carbonyl (C=O) groups is 1. The summed E-state index contributed by atoms with van der Waals surface area (Å²) in [4.78, 5) is 30.8. The number of rotatable bonds is 3. The smallest absolute Gasteiger partial charge is 0.335 e. The molecule has 6 nitrogen and oxygen atoms in total. The van der Waals surface area contributed by atoms with Crippen molar-refractivity contribution in [2.45, 2.75) is 6.92 Å². The molecular weight excluding hydrogens is 504 g/mol. The molecule has 7 heteroatoms. The summed E-state index contributed by atoms with van der Waals surface area (Å²) in [5.41, 5.74) is 10.2. The molecular formula is C32H22N4O2S. The summed E-state index contributed by atoms with van der Waals surface area (Å²) >= 11 is 1.73. The third-order valence-electron chi connectivity index (χ3n) is 6.76. The molecule has 0 radical (unpaired) electrons. The van der Waals surface area contributed by atoms with Gasteiger partial charge in [-0.2, -0.15) is 0 Å². The molecule has 8 bridgehead atoms. The van der Waals surface area contributed by atoms with Crippen LogP contribution >= 0.6 is 11.3 Å². The van der Waals surface area contributed by atoms with E-state index in [1.807, 2.05) is 66.8 Å². The van der Waals surface area contributed by atoms with Gasteiger partial charge in [0.1, 0.15) is 0 Å². The zero-order valence-electron chi connectivity index (χ0n) is 20.9. The Morgan fingerprint density at radius 3 is 2.08 bits per heavy atom. The lowest BCUT2D eigenvalue weighted by molar-refractivity contribution is 0.0697. The molecule has 0 aliphatic carbocycles. The molecule has 0 fully saturated rings. The third kappa shape index (κ3) is 4.39. The number of fused-ring (bicyclic) bond motifs is 8. The monoisotopic (exact) mass is 526 g/mol. The van der Waals surface area contributed by atoms with Gasteiger partial charge in [0.25, 0.3) is 0 Å². The zero-order chi connectivity index (χ0) is 26.5. The number of benzene rings is 1.